The van der Waals surface area contributed by atoms with Crippen LogP contribution in [-0.2, 0) is 13.0 Å². The predicted octanol–water partition coefficient (Wildman–Crippen LogP) is 3.29. The lowest BCUT2D eigenvalue weighted by molar-refractivity contribution is 0.0784. The first-order valence-corrected chi connectivity index (χ1v) is 10.9. The second kappa shape index (κ2) is 10.5. The van der Waals surface area contributed by atoms with Gasteiger partial charge in [-0.2, -0.15) is 0 Å². The molecule has 174 valence electrons. The molecule has 0 saturated heterocycles. The highest BCUT2D eigenvalue weighted by molar-refractivity contribution is 5.94. The summed E-state index contributed by atoms with van der Waals surface area (Å²) in [4.78, 5) is 18.6. The Bertz CT molecular complexity index is 1080. The highest BCUT2D eigenvalue weighted by Gasteiger charge is 2.21. The zero-order chi connectivity index (χ0) is 24.0. The Hall–Kier alpha value is -3.42. The maximum atomic E-state index is 13.0. The number of phenols is 1. The zero-order valence-electron chi connectivity index (χ0n) is 19.3. The van der Waals surface area contributed by atoms with Crippen molar-refractivity contribution >= 4 is 11.7 Å². The van der Waals surface area contributed by atoms with Gasteiger partial charge >= 0.3 is 0 Å². The van der Waals surface area contributed by atoms with Gasteiger partial charge in [0.1, 0.15) is 11.6 Å². The molecule has 3 aromatic rings. The quantitative estimate of drug-likeness (QED) is 0.400. The van der Waals surface area contributed by atoms with Crippen molar-refractivity contribution in [1.82, 2.24) is 15.2 Å². The van der Waals surface area contributed by atoms with E-state index in [1.807, 2.05) is 24.3 Å². The lowest BCUT2D eigenvalue weighted by atomic mass is 9.93. The van der Waals surface area contributed by atoms with E-state index in [0.29, 0.717) is 42.0 Å². The minimum absolute atomic E-state index is 0.114. The van der Waals surface area contributed by atoms with E-state index in [9.17, 15) is 15.0 Å². The van der Waals surface area contributed by atoms with E-state index in [0.717, 1.165) is 5.56 Å². The first-order valence-electron chi connectivity index (χ1n) is 10.9. The average molecular weight is 449 g/mol. The Labute approximate surface area is 194 Å². The van der Waals surface area contributed by atoms with Gasteiger partial charge in [-0.05, 0) is 50.1 Å². The Kier molecular flexibility index (Phi) is 7.68. The van der Waals surface area contributed by atoms with Crippen LogP contribution in [-0.4, -0.2) is 45.1 Å². The van der Waals surface area contributed by atoms with Crippen molar-refractivity contribution in [2.24, 2.45) is 0 Å². The SMILES string of the molecule is CN(Cc1ccccc1O)C(=O)c1cccc(CC(C)(C)NC[C@H](O)c2ccc(N)nc2)c1. The summed E-state index contributed by atoms with van der Waals surface area (Å²) in [6.07, 6.45) is 1.55. The fourth-order valence-electron chi connectivity index (χ4n) is 3.68. The molecule has 5 N–H and O–H groups in total. The van der Waals surface area contributed by atoms with Gasteiger partial charge in [0.15, 0.2) is 0 Å². The van der Waals surface area contributed by atoms with Crippen molar-refractivity contribution in [3.8, 4) is 5.75 Å². The number of aromatic hydroxyl groups is 1. The minimum atomic E-state index is -0.701. The van der Waals surface area contributed by atoms with Crippen molar-refractivity contribution in [2.75, 3.05) is 19.3 Å². The van der Waals surface area contributed by atoms with Crippen LogP contribution in [0, 0.1) is 0 Å². The number of para-hydroxylation sites is 1. The van der Waals surface area contributed by atoms with E-state index in [2.05, 4.69) is 24.1 Å². The molecule has 7 heteroatoms. The number of benzene rings is 2. The molecule has 1 heterocycles. The Morgan fingerprint density at radius 3 is 2.61 bits per heavy atom. The molecular weight excluding hydrogens is 416 g/mol. The van der Waals surface area contributed by atoms with Gasteiger partial charge in [-0.25, -0.2) is 4.98 Å². The number of anilines is 1. The molecule has 0 aliphatic carbocycles. The fraction of sp³-hybridized carbons (Fsp3) is 0.308. The summed E-state index contributed by atoms with van der Waals surface area (Å²) >= 11 is 0. The van der Waals surface area contributed by atoms with Crippen molar-refractivity contribution in [2.45, 2.75) is 38.5 Å². The number of amides is 1. The van der Waals surface area contributed by atoms with Crippen LogP contribution in [0.3, 0.4) is 0 Å². The van der Waals surface area contributed by atoms with Crippen molar-refractivity contribution < 1.29 is 15.0 Å². The maximum absolute atomic E-state index is 13.0. The van der Waals surface area contributed by atoms with E-state index in [4.69, 9.17) is 5.73 Å². The number of hydrogen-bond donors (Lipinski definition) is 4. The second-order valence-electron chi connectivity index (χ2n) is 8.96. The number of aliphatic hydroxyl groups is 1. The standard InChI is InChI=1S/C26H32N4O3/c1-26(2,29-16-23(32)20-11-12-24(27)28-15-20)14-18-7-6-9-19(13-18)25(33)30(3)17-21-8-4-5-10-22(21)31/h4-13,15,23,29,31-32H,14,16-17H2,1-3H3,(H2,27,28)/t23-/m0/s1. The third-order valence-corrected chi connectivity index (χ3v) is 5.53. The van der Waals surface area contributed by atoms with Gasteiger partial charge in [-0.3, -0.25) is 4.79 Å². The molecule has 0 aliphatic heterocycles. The van der Waals surface area contributed by atoms with Crippen LogP contribution in [0.5, 0.6) is 5.75 Å². The van der Waals surface area contributed by atoms with Gasteiger partial charge in [-0.1, -0.05) is 36.4 Å². The number of β-amino-alcohol motifs (C(OH)–C–C–N with tert-alkyl or cyclic N) is 1. The number of aromatic nitrogens is 1. The van der Waals surface area contributed by atoms with E-state index in [1.165, 1.54) is 0 Å². The smallest absolute Gasteiger partial charge is 0.253 e. The molecule has 0 bridgehead atoms. The number of nitrogens with one attached hydrogen (secondary N) is 1. The molecule has 7 nitrogen and oxygen atoms in total. The van der Waals surface area contributed by atoms with Gasteiger partial charge in [0.25, 0.3) is 5.91 Å². The second-order valence-corrected chi connectivity index (χ2v) is 8.96. The summed E-state index contributed by atoms with van der Waals surface area (Å²) in [6.45, 7) is 4.79. The molecule has 2 aromatic carbocycles. The number of rotatable bonds is 9. The van der Waals surface area contributed by atoms with Crippen LogP contribution in [0.1, 0.15) is 47.0 Å². The Morgan fingerprint density at radius 1 is 1.15 bits per heavy atom. The number of carbonyl (C=O) groups excluding carboxylic acids is 1. The highest BCUT2D eigenvalue weighted by atomic mass is 16.3. The molecule has 0 aliphatic rings. The van der Waals surface area contributed by atoms with Gasteiger partial charge in [-0.15, -0.1) is 0 Å². The van der Waals surface area contributed by atoms with Gasteiger partial charge in [0.2, 0.25) is 0 Å². The maximum Gasteiger partial charge on any atom is 0.253 e. The van der Waals surface area contributed by atoms with Crippen LogP contribution >= 0.6 is 0 Å². The first-order chi connectivity index (χ1) is 15.6. The fourth-order valence-corrected chi connectivity index (χ4v) is 3.68. The molecule has 1 atom stereocenters. The van der Waals surface area contributed by atoms with Crippen LogP contribution < -0.4 is 11.1 Å². The van der Waals surface area contributed by atoms with Gasteiger partial charge in [0.05, 0.1) is 6.10 Å². The molecule has 0 radical (unpaired) electrons. The van der Waals surface area contributed by atoms with Crippen molar-refractivity contribution in [1.29, 1.82) is 0 Å². The molecule has 0 spiro atoms. The lowest BCUT2D eigenvalue weighted by Crippen LogP contribution is -2.43. The molecule has 3 rings (SSSR count). The summed E-state index contributed by atoms with van der Waals surface area (Å²) in [6, 6.07) is 18.0. The topological polar surface area (TPSA) is 112 Å². The number of pyridine rings is 1. The summed E-state index contributed by atoms with van der Waals surface area (Å²) in [5.74, 6) is 0.479. The number of nitrogens with zero attached hydrogens (tertiary/aromatic N) is 2. The van der Waals surface area contributed by atoms with Crippen LogP contribution in [0.25, 0.3) is 0 Å². The summed E-state index contributed by atoms with van der Waals surface area (Å²) in [5, 5.41) is 23.8. The van der Waals surface area contributed by atoms with Crippen LogP contribution in [0.4, 0.5) is 5.82 Å². The number of nitrogen functional groups attached to an aromatic ring is 1. The predicted molar refractivity (Wildman–Crippen MR) is 130 cm³/mol. The summed E-state index contributed by atoms with van der Waals surface area (Å²) in [5.41, 5.74) is 8.30. The van der Waals surface area contributed by atoms with Gasteiger partial charge in [0, 0.05) is 48.6 Å². The monoisotopic (exact) mass is 448 g/mol. The Morgan fingerprint density at radius 2 is 1.91 bits per heavy atom. The summed E-state index contributed by atoms with van der Waals surface area (Å²) < 4.78 is 0. The average Bonchev–Trinajstić information content (AvgIpc) is 2.79. The van der Waals surface area contributed by atoms with Crippen molar-refractivity contribution in [3.05, 3.63) is 89.1 Å². The minimum Gasteiger partial charge on any atom is -0.508 e. The molecule has 0 unspecified atom stereocenters. The molecular formula is C26H32N4O3. The number of hydrogen-bond acceptors (Lipinski definition) is 6. The van der Waals surface area contributed by atoms with Crippen molar-refractivity contribution in [3.63, 3.8) is 0 Å². The van der Waals surface area contributed by atoms with E-state index in [1.54, 1.807) is 54.5 Å². The summed E-state index contributed by atoms with van der Waals surface area (Å²) in [7, 11) is 1.72. The number of nitrogens with two attached hydrogens (primary N) is 1. The highest BCUT2D eigenvalue weighted by Crippen LogP contribution is 2.20. The molecule has 0 fully saturated rings. The third kappa shape index (κ3) is 6.78. The normalized spacial score (nSPS) is 12.4. The molecule has 1 amide bonds. The number of aliphatic hydroxyl groups excluding tert-OH is 1. The zero-order valence-corrected chi connectivity index (χ0v) is 19.3. The Balaban J connectivity index is 1.61. The third-order valence-electron chi connectivity index (χ3n) is 5.53. The van der Waals surface area contributed by atoms with E-state index < -0.39 is 6.10 Å². The van der Waals surface area contributed by atoms with E-state index >= 15 is 0 Å². The largest absolute Gasteiger partial charge is 0.508 e. The van der Waals surface area contributed by atoms with E-state index in [-0.39, 0.29) is 17.2 Å². The van der Waals surface area contributed by atoms with Gasteiger partial charge < -0.3 is 26.2 Å². The van der Waals surface area contributed by atoms with Crippen LogP contribution in [0.15, 0.2) is 66.9 Å². The number of carbonyl (C=O) groups is 1. The lowest BCUT2D eigenvalue weighted by Gasteiger charge is -2.28. The molecule has 33 heavy (non-hydrogen) atoms. The van der Waals surface area contributed by atoms with Crippen LogP contribution in [0.2, 0.25) is 0 Å². The molecule has 1 aromatic heterocycles. The molecule has 0 saturated carbocycles. The first kappa shape index (κ1) is 24.2. The number of phenolic OH excluding ortho intramolecular Hbond substituents is 1.